The Balaban J connectivity index is 1.28. The Hall–Kier alpha value is -3.21. The first kappa shape index (κ1) is 15.8. The van der Waals surface area contributed by atoms with Crippen molar-refractivity contribution in [3.05, 3.63) is 71.0 Å². The summed E-state index contributed by atoms with van der Waals surface area (Å²) >= 11 is 0. The molecule has 2 aromatic heterocycles. The van der Waals surface area contributed by atoms with Gasteiger partial charge in [-0.2, -0.15) is 0 Å². The number of fused-ring (bicyclic) bond motifs is 6. The van der Waals surface area contributed by atoms with E-state index >= 15 is 0 Å². The zero-order valence-electron chi connectivity index (χ0n) is 15.7. The molecule has 0 saturated heterocycles. The van der Waals surface area contributed by atoms with Gasteiger partial charge in [0.25, 0.3) is 0 Å². The minimum Gasteiger partial charge on any atom is -0.358 e. The minimum absolute atomic E-state index is 0.159. The van der Waals surface area contributed by atoms with E-state index in [1.807, 2.05) is 9.80 Å². The molecule has 0 spiro atoms. The molecule has 4 heterocycles. The molecule has 5 heteroatoms. The number of nitrogens with zero attached hydrogens (tertiary/aromatic N) is 2. The van der Waals surface area contributed by atoms with Crippen LogP contribution in [-0.2, 0) is 25.9 Å². The Morgan fingerprint density at radius 3 is 1.68 bits per heavy atom. The fraction of sp³-hybridized carbons (Fsp3) is 0.261. The second-order valence-electron chi connectivity index (χ2n) is 7.88. The molecular weight excluding hydrogens is 348 g/mol. The Kier molecular flexibility index (Phi) is 3.33. The van der Waals surface area contributed by atoms with Crippen LogP contribution in [0.4, 0.5) is 4.79 Å². The number of para-hydroxylation sites is 2. The molecule has 0 fully saturated rings. The second-order valence-corrected chi connectivity index (χ2v) is 7.88. The second kappa shape index (κ2) is 5.89. The van der Waals surface area contributed by atoms with Gasteiger partial charge in [0, 0.05) is 83.3 Å². The Bertz CT molecular complexity index is 1120. The molecule has 4 aromatic rings. The zero-order valence-corrected chi connectivity index (χ0v) is 15.7. The molecular formula is C23H22N4O. The smallest absolute Gasteiger partial charge is 0.320 e. The molecule has 0 aliphatic carbocycles. The fourth-order valence-electron chi connectivity index (χ4n) is 4.86. The molecule has 2 aliphatic rings. The van der Waals surface area contributed by atoms with E-state index in [0.29, 0.717) is 13.1 Å². The summed E-state index contributed by atoms with van der Waals surface area (Å²) in [4.78, 5) is 24.4. The summed E-state index contributed by atoms with van der Waals surface area (Å²) in [5, 5.41) is 2.49. The minimum atomic E-state index is 0.159. The molecule has 5 nitrogen and oxygen atoms in total. The third-order valence-corrected chi connectivity index (χ3v) is 6.31. The maximum Gasteiger partial charge on any atom is 0.320 e. The van der Waals surface area contributed by atoms with Crippen LogP contribution in [0.25, 0.3) is 21.8 Å². The van der Waals surface area contributed by atoms with Gasteiger partial charge in [0.15, 0.2) is 0 Å². The van der Waals surface area contributed by atoms with Gasteiger partial charge < -0.3 is 19.8 Å². The summed E-state index contributed by atoms with van der Waals surface area (Å²) < 4.78 is 0. The van der Waals surface area contributed by atoms with Crippen molar-refractivity contribution in [3.8, 4) is 0 Å². The topological polar surface area (TPSA) is 55.1 Å². The van der Waals surface area contributed by atoms with Crippen LogP contribution in [0.15, 0.2) is 48.5 Å². The largest absolute Gasteiger partial charge is 0.358 e. The molecule has 6 rings (SSSR count). The zero-order chi connectivity index (χ0) is 18.7. The number of rotatable bonds is 0. The molecule has 0 radical (unpaired) electrons. The summed E-state index contributed by atoms with van der Waals surface area (Å²) in [5.41, 5.74) is 7.46. The molecule has 2 aliphatic heterocycles. The van der Waals surface area contributed by atoms with Crippen molar-refractivity contribution in [2.75, 3.05) is 13.1 Å². The SMILES string of the molecule is O=C(N1CCc2[nH]c3ccccc3c2C1)N1CCc2[nH]c3ccccc3c2C1. The number of aromatic nitrogens is 2. The number of hydrogen-bond acceptors (Lipinski definition) is 1. The van der Waals surface area contributed by atoms with Crippen molar-refractivity contribution in [1.82, 2.24) is 19.8 Å². The van der Waals surface area contributed by atoms with E-state index in [9.17, 15) is 4.79 Å². The molecule has 140 valence electrons. The van der Waals surface area contributed by atoms with E-state index in [1.165, 1.54) is 44.3 Å². The molecule has 2 amide bonds. The number of hydrogen-bond donors (Lipinski definition) is 2. The van der Waals surface area contributed by atoms with Gasteiger partial charge in [-0.3, -0.25) is 0 Å². The van der Waals surface area contributed by atoms with E-state index in [1.54, 1.807) is 0 Å². The Morgan fingerprint density at radius 2 is 1.18 bits per heavy atom. The predicted molar refractivity (Wildman–Crippen MR) is 110 cm³/mol. The fourth-order valence-corrected chi connectivity index (χ4v) is 4.86. The predicted octanol–water partition coefficient (Wildman–Crippen LogP) is 4.19. The van der Waals surface area contributed by atoms with Crippen molar-refractivity contribution >= 4 is 27.8 Å². The summed E-state index contributed by atoms with van der Waals surface area (Å²) in [6, 6.07) is 16.9. The maximum absolute atomic E-state index is 13.3. The molecule has 0 unspecified atom stereocenters. The summed E-state index contributed by atoms with van der Waals surface area (Å²) in [6.07, 6.45) is 1.78. The van der Waals surface area contributed by atoms with E-state index in [2.05, 4.69) is 58.5 Å². The monoisotopic (exact) mass is 370 g/mol. The number of carbonyl (C=O) groups is 1. The normalized spacial score (nSPS) is 16.4. The lowest BCUT2D eigenvalue weighted by Crippen LogP contribution is -2.46. The van der Waals surface area contributed by atoms with Crippen LogP contribution in [0.5, 0.6) is 0 Å². The lowest BCUT2D eigenvalue weighted by atomic mass is 10.0. The van der Waals surface area contributed by atoms with Gasteiger partial charge in [-0.25, -0.2) is 4.79 Å². The van der Waals surface area contributed by atoms with Gasteiger partial charge in [0.2, 0.25) is 0 Å². The van der Waals surface area contributed by atoms with Crippen molar-refractivity contribution in [3.63, 3.8) is 0 Å². The van der Waals surface area contributed by atoms with E-state index in [-0.39, 0.29) is 6.03 Å². The lowest BCUT2D eigenvalue weighted by Gasteiger charge is -2.35. The number of benzene rings is 2. The quantitative estimate of drug-likeness (QED) is 0.479. The highest BCUT2D eigenvalue weighted by molar-refractivity contribution is 5.87. The van der Waals surface area contributed by atoms with Crippen LogP contribution in [0.3, 0.4) is 0 Å². The van der Waals surface area contributed by atoms with E-state index < -0.39 is 0 Å². The van der Waals surface area contributed by atoms with Crippen LogP contribution < -0.4 is 0 Å². The first-order valence-corrected chi connectivity index (χ1v) is 9.99. The Labute approximate surface area is 162 Å². The van der Waals surface area contributed by atoms with Crippen LogP contribution in [0, 0.1) is 0 Å². The van der Waals surface area contributed by atoms with Gasteiger partial charge in [0.1, 0.15) is 0 Å². The first-order chi connectivity index (χ1) is 13.8. The van der Waals surface area contributed by atoms with Crippen molar-refractivity contribution in [1.29, 1.82) is 0 Å². The van der Waals surface area contributed by atoms with Crippen LogP contribution in [0.1, 0.15) is 22.5 Å². The van der Waals surface area contributed by atoms with E-state index in [4.69, 9.17) is 0 Å². The van der Waals surface area contributed by atoms with Crippen LogP contribution >= 0.6 is 0 Å². The van der Waals surface area contributed by atoms with Gasteiger partial charge >= 0.3 is 6.03 Å². The highest BCUT2D eigenvalue weighted by Gasteiger charge is 2.30. The third kappa shape index (κ3) is 2.29. The maximum atomic E-state index is 13.3. The standard InChI is InChI=1S/C23H22N4O/c28-23(26-11-9-21-17(13-26)15-5-1-3-7-19(15)24-21)27-12-10-22-18(14-27)16-6-2-4-8-20(16)25-22/h1-8,24-25H,9-14H2. The molecule has 0 bridgehead atoms. The molecule has 2 aromatic carbocycles. The number of H-pyrrole nitrogens is 2. The number of urea groups is 1. The van der Waals surface area contributed by atoms with Gasteiger partial charge in [-0.1, -0.05) is 36.4 Å². The first-order valence-electron chi connectivity index (χ1n) is 9.99. The number of carbonyl (C=O) groups excluding carboxylic acids is 1. The van der Waals surface area contributed by atoms with Crippen molar-refractivity contribution < 1.29 is 4.79 Å². The highest BCUT2D eigenvalue weighted by atomic mass is 16.2. The van der Waals surface area contributed by atoms with E-state index in [0.717, 1.165) is 25.9 Å². The molecule has 28 heavy (non-hydrogen) atoms. The Morgan fingerprint density at radius 1 is 0.714 bits per heavy atom. The number of nitrogens with one attached hydrogen (secondary N) is 2. The summed E-state index contributed by atoms with van der Waals surface area (Å²) in [7, 11) is 0. The van der Waals surface area contributed by atoms with Crippen molar-refractivity contribution in [2.45, 2.75) is 25.9 Å². The van der Waals surface area contributed by atoms with Crippen molar-refractivity contribution in [2.24, 2.45) is 0 Å². The molecule has 0 atom stereocenters. The average Bonchev–Trinajstić information content (AvgIpc) is 3.30. The van der Waals surface area contributed by atoms with Crippen LogP contribution in [-0.4, -0.2) is 38.9 Å². The molecule has 0 saturated carbocycles. The lowest BCUT2D eigenvalue weighted by molar-refractivity contribution is 0.143. The van der Waals surface area contributed by atoms with Gasteiger partial charge in [-0.05, 0) is 12.1 Å². The molecule has 2 N–H and O–H groups in total. The number of amides is 2. The highest BCUT2D eigenvalue weighted by Crippen LogP contribution is 2.31. The summed E-state index contributed by atoms with van der Waals surface area (Å²) in [6.45, 7) is 2.93. The average molecular weight is 370 g/mol. The number of aromatic amines is 2. The summed E-state index contributed by atoms with van der Waals surface area (Å²) in [5.74, 6) is 0. The third-order valence-electron chi connectivity index (χ3n) is 6.31. The van der Waals surface area contributed by atoms with Gasteiger partial charge in [0.05, 0.1) is 0 Å². The van der Waals surface area contributed by atoms with Crippen LogP contribution in [0.2, 0.25) is 0 Å². The van der Waals surface area contributed by atoms with Gasteiger partial charge in [-0.15, -0.1) is 0 Å².